The van der Waals surface area contributed by atoms with Gasteiger partial charge in [-0.1, -0.05) is 11.5 Å². The molecule has 1 aliphatic heterocycles. The summed E-state index contributed by atoms with van der Waals surface area (Å²) in [5, 5.41) is 6.09. The summed E-state index contributed by atoms with van der Waals surface area (Å²) in [4.78, 5) is 0. The summed E-state index contributed by atoms with van der Waals surface area (Å²) in [7, 11) is 1.92. The molecule has 0 saturated heterocycles. The zero-order valence-electron chi connectivity index (χ0n) is 5.49. The van der Waals surface area contributed by atoms with Crippen molar-refractivity contribution in [3.8, 4) is 0 Å². The maximum atomic E-state index is 3.04. The second-order valence-electron chi connectivity index (χ2n) is 1.93. The number of hydrogen-bond donors (Lipinski definition) is 2. The molecule has 9 heavy (non-hydrogen) atoms. The number of nitrogens with one attached hydrogen (secondary N) is 2. The number of rotatable bonds is 2. The summed E-state index contributed by atoms with van der Waals surface area (Å²) in [6, 6.07) is 0. The zero-order valence-corrected chi connectivity index (χ0v) is 5.49. The molecule has 0 aliphatic carbocycles. The summed E-state index contributed by atoms with van der Waals surface area (Å²) in [5.41, 5.74) is 7.08. The molecular formula is C7H10N2. The van der Waals surface area contributed by atoms with Crippen LogP contribution in [0.15, 0.2) is 23.2 Å². The fourth-order valence-corrected chi connectivity index (χ4v) is 0.728. The van der Waals surface area contributed by atoms with Crippen molar-refractivity contribution < 1.29 is 0 Å². The molecule has 2 heteroatoms. The average Bonchev–Trinajstić information content (AvgIpc) is 1.91. The molecule has 2 nitrogen and oxygen atoms in total. The summed E-state index contributed by atoms with van der Waals surface area (Å²) >= 11 is 0. The predicted octanol–water partition coefficient (Wildman–Crippen LogP) is 0.00310. The second-order valence-corrected chi connectivity index (χ2v) is 1.93. The Kier molecular flexibility index (Phi) is 2.17. The van der Waals surface area contributed by atoms with Gasteiger partial charge in [0.05, 0.1) is 0 Å². The Balaban J connectivity index is 2.59. The normalized spacial score (nSPS) is 15.0. The second kappa shape index (κ2) is 3.16. The molecule has 2 N–H and O–H groups in total. The van der Waals surface area contributed by atoms with Gasteiger partial charge in [-0.05, 0) is 7.05 Å². The van der Waals surface area contributed by atoms with Crippen molar-refractivity contribution in [2.24, 2.45) is 0 Å². The van der Waals surface area contributed by atoms with Crippen LogP contribution in [0.4, 0.5) is 0 Å². The SMILES string of the molecule is CNCC1=C=C=CNC1. The fraction of sp³-hybridized carbons (Fsp3) is 0.429. The highest BCUT2D eigenvalue weighted by molar-refractivity contribution is 5.09. The van der Waals surface area contributed by atoms with Gasteiger partial charge in [-0.3, -0.25) is 0 Å². The van der Waals surface area contributed by atoms with E-state index in [2.05, 4.69) is 22.1 Å². The van der Waals surface area contributed by atoms with Gasteiger partial charge in [0.1, 0.15) is 0 Å². The first-order valence-corrected chi connectivity index (χ1v) is 2.99. The third-order valence-electron chi connectivity index (χ3n) is 1.13. The molecule has 1 aliphatic rings. The van der Waals surface area contributed by atoms with Crippen LogP contribution in [0.5, 0.6) is 0 Å². The molecule has 0 amide bonds. The van der Waals surface area contributed by atoms with Crippen LogP contribution in [-0.2, 0) is 0 Å². The summed E-state index contributed by atoms with van der Waals surface area (Å²) in [6.07, 6.45) is 1.78. The van der Waals surface area contributed by atoms with Gasteiger partial charge in [-0.2, -0.15) is 0 Å². The third kappa shape index (κ3) is 1.79. The largest absolute Gasteiger partial charge is 0.380 e. The van der Waals surface area contributed by atoms with E-state index in [1.807, 2.05) is 7.05 Å². The van der Waals surface area contributed by atoms with E-state index in [-0.39, 0.29) is 0 Å². The van der Waals surface area contributed by atoms with E-state index >= 15 is 0 Å². The van der Waals surface area contributed by atoms with Crippen LogP contribution in [0.25, 0.3) is 0 Å². The van der Waals surface area contributed by atoms with Crippen LogP contribution in [0.2, 0.25) is 0 Å². The molecule has 0 aromatic rings. The first-order chi connectivity index (χ1) is 4.43. The Hall–Kier alpha value is -0.940. The van der Waals surface area contributed by atoms with E-state index in [1.54, 1.807) is 6.20 Å². The Morgan fingerprint density at radius 2 is 2.78 bits per heavy atom. The van der Waals surface area contributed by atoms with Crippen LogP contribution in [0, 0.1) is 0 Å². The highest BCUT2D eigenvalue weighted by atomic mass is 14.9. The molecule has 48 valence electrons. The van der Waals surface area contributed by atoms with Crippen LogP contribution in [-0.4, -0.2) is 20.1 Å². The Labute approximate surface area is 55.0 Å². The van der Waals surface area contributed by atoms with Gasteiger partial charge in [0.2, 0.25) is 0 Å². The lowest BCUT2D eigenvalue weighted by Gasteiger charge is -2.03. The van der Waals surface area contributed by atoms with Crippen LogP contribution >= 0.6 is 0 Å². The van der Waals surface area contributed by atoms with Crippen LogP contribution < -0.4 is 10.6 Å². The van der Waals surface area contributed by atoms with Crippen LogP contribution in [0.3, 0.4) is 0 Å². The van der Waals surface area contributed by atoms with Gasteiger partial charge in [-0.25, -0.2) is 0 Å². The minimum atomic E-state index is 0.897. The lowest BCUT2D eigenvalue weighted by Crippen LogP contribution is -2.19. The van der Waals surface area contributed by atoms with Crippen molar-refractivity contribution in [2.75, 3.05) is 20.1 Å². The maximum absolute atomic E-state index is 3.04. The topological polar surface area (TPSA) is 24.1 Å². The highest BCUT2D eigenvalue weighted by Crippen LogP contribution is 1.88. The van der Waals surface area contributed by atoms with Crippen molar-refractivity contribution in [3.05, 3.63) is 23.2 Å². The fourth-order valence-electron chi connectivity index (χ4n) is 0.728. The lowest BCUT2D eigenvalue weighted by atomic mass is 10.2. The standard InChI is InChI=1S/C7H10N2/c1-8-5-7-3-2-4-9-6-7/h4,8-9H,5-6H2,1H3. The molecule has 0 saturated carbocycles. The highest BCUT2D eigenvalue weighted by Gasteiger charge is 1.92. The van der Waals surface area contributed by atoms with Crippen LogP contribution in [0.1, 0.15) is 0 Å². The van der Waals surface area contributed by atoms with Gasteiger partial charge < -0.3 is 10.6 Å². The molecule has 0 bridgehead atoms. The van der Waals surface area contributed by atoms with Crippen molar-refractivity contribution in [1.29, 1.82) is 0 Å². The quantitative estimate of drug-likeness (QED) is 0.504. The van der Waals surface area contributed by atoms with Gasteiger partial charge >= 0.3 is 0 Å². The Morgan fingerprint density at radius 3 is 3.33 bits per heavy atom. The van der Waals surface area contributed by atoms with Crippen molar-refractivity contribution in [1.82, 2.24) is 10.6 Å². The van der Waals surface area contributed by atoms with E-state index in [4.69, 9.17) is 0 Å². The summed E-state index contributed by atoms with van der Waals surface area (Å²) < 4.78 is 0. The summed E-state index contributed by atoms with van der Waals surface area (Å²) in [6.45, 7) is 1.79. The predicted molar refractivity (Wildman–Crippen MR) is 37.0 cm³/mol. The van der Waals surface area contributed by atoms with E-state index in [0.29, 0.717) is 0 Å². The van der Waals surface area contributed by atoms with Gasteiger partial charge in [0, 0.05) is 24.9 Å². The maximum Gasteiger partial charge on any atom is 0.0485 e. The van der Waals surface area contributed by atoms with E-state index in [9.17, 15) is 0 Å². The monoisotopic (exact) mass is 122 g/mol. The molecule has 0 aromatic carbocycles. The van der Waals surface area contributed by atoms with Crippen molar-refractivity contribution in [2.45, 2.75) is 0 Å². The first-order valence-electron chi connectivity index (χ1n) is 2.99. The summed E-state index contributed by atoms with van der Waals surface area (Å²) in [5.74, 6) is 0. The van der Waals surface area contributed by atoms with E-state index in [0.717, 1.165) is 13.1 Å². The third-order valence-corrected chi connectivity index (χ3v) is 1.13. The molecular weight excluding hydrogens is 112 g/mol. The minimum Gasteiger partial charge on any atom is -0.380 e. The van der Waals surface area contributed by atoms with Gasteiger partial charge in [0.15, 0.2) is 0 Å². The van der Waals surface area contributed by atoms with Gasteiger partial charge in [0.25, 0.3) is 0 Å². The molecule has 1 rings (SSSR count). The lowest BCUT2D eigenvalue weighted by molar-refractivity contribution is 0.815. The van der Waals surface area contributed by atoms with Crippen molar-refractivity contribution in [3.63, 3.8) is 0 Å². The first kappa shape index (κ1) is 6.18. The Bertz CT molecular complexity index is 181. The number of likely N-dealkylation sites (N-methyl/N-ethyl adjacent to an activating group) is 1. The molecule has 0 spiro atoms. The average molecular weight is 122 g/mol. The smallest absolute Gasteiger partial charge is 0.0485 e. The van der Waals surface area contributed by atoms with Gasteiger partial charge in [-0.15, -0.1) is 0 Å². The molecule has 0 radical (unpaired) electrons. The molecule has 1 heterocycles. The molecule has 0 fully saturated rings. The number of hydrogen-bond acceptors (Lipinski definition) is 2. The van der Waals surface area contributed by atoms with Crippen molar-refractivity contribution >= 4 is 0 Å². The molecule has 0 unspecified atom stereocenters. The minimum absolute atomic E-state index is 0.897. The molecule has 0 aromatic heterocycles. The Morgan fingerprint density at radius 1 is 1.89 bits per heavy atom. The molecule has 0 atom stereocenters. The van der Waals surface area contributed by atoms with E-state index in [1.165, 1.54) is 5.57 Å². The van der Waals surface area contributed by atoms with E-state index < -0.39 is 0 Å². The zero-order chi connectivity index (χ0) is 6.53.